The van der Waals surface area contributed by atoms with Crippen molar-refractivity contribution in [1.82, 2.24) is 9.88 Å². The highest BCUT2D eigenvalue weighted by atomic mass is 15.3. The van der Waals surface area contributed by atoms with Gasteiger partial charge in [-0.2, -0.15) is 5.26 Å². The molecule has 4 aliphatic heterocycles. The summed E-state index contributed by atoms with van der Waals surface area (Å²) in [5.41, 5.74) is 3.46. The van der Waals surface area contributed by atoms with Gasteiger partial charge in [-0.3, -0.25) is 4.90 Å². The van der Waals surface area contributed by atoms with Gasteiger partial charge in [-0.05, 0) is 56.5 Å². The molecular weight excluding hydrogens is 320 g/mol. The van der Waals surface area contributed by atoms with Crippen molar-refractivity contribution in [3.63, 3.8) is 0 Å². The maximum Gasteiger partial charge on any atom is 0.130 e. The van der Waals surface area contributed by atoms with Crippen LogP contribution in [0.4, 0.5) is 5.82 Å². The summed E-state index contributed by atoms with van der Waals surface area (Å²) in [6, 6.07) is 16.2. The fourth-order valence-corrected chi connectivity index (χ4v) is 5.43. The van der Waals surface area contributed by atoms with Crippen LogP contribution in [0.2, 0.25) is 0 Å². The average molecular weight is 344 g/mol. The summed E-state index contributed by atoms with van der Waals surface area (Å²) in [5.74, 6) is 2.23. The van der Waals surface area contributed by atoms with E-state index in [9.17, 15) is 5.26 Å². The number of rotatable bonds is 2. The van der Waals surface area contributed by atoms with Crippen molar-refractivity contribution in [2.24, 2.45) is 5.92 Å². The lowest BCUT2D eigenvalue weighted by Gasteiger charge is -2.51. The first-order valence-corrected chi connectivity index (χ1v) is 9.68. The molecule has 2 aromatic rings. The predicted octanol–water partition coefficient (Wildman–Crippen LogP) is 3.33. The molecule has 0 amide bonds. The number of fused-ring (bicyclic) bond motifs is 2. The molecule has 2 bridgehead atoms. The topological polar surface area (TPSA) is 43.2 Å². The Morgan fingerprint density at radius 3 is 2.58 bits per heavy atom. The maximum atomic E-state index is 9.29. The summed E-state index contributed by atoms with van der Waals surface area (Å²) in [4.78, 5) is 9.86. The molecule has 0 radical (unpaired) electrons. The number of anilines is 1. The number of hydrogen-bond acceptors (Lipinski definition) is 4. The van der Waals surface area contributed by atoms with Gasteiger partial charge in [-0.15, -0.1) is 0 Å². The summed E-state index contributed by atoms with van der Waals surface area (Å²) in [6.45, 7) is 5.60. The molecule has 132 valence electrons. The first-order chi connectivity index (χ1) is 12.7. The highest BCUT2D eigenvalue weighted by Gasteiger charge is 2.53. The SMILES string of the molecule is Cc1ccc([C@H]2CN(c3cc(C#N)ccn3)[C@@H]3C4CCN(CC4)[C@H]23)cc1. The van der Waals surface area contributed by atoms with Crippen LogP contribution in [0.25, 0.3) is 0 Å². The zero-order chi connectivity index (χ0) is 17.7. The number of nitrogens with zero attached hydrogens (tertiary/aromatic N) is 4. The van der Waals surface area contributed by atoms with E-state index in [1.54, 1.807) is 12.3 Å². The lowest BCUT2D eigenvalue weighted by molar-refractivity contribution is 0.0354. The molecule has 0 unspecified atom stereocenters. The standard InChI is InChI=1S/C22H24N4/c1-15-2-4-17(5-3-15)19-14-26(20-12-16(13-23)6-9-24-20)21-18-7-10-25(11-8-18)22(19)21/h2-6,9,12,18-19,21-22H,7-8,10-11,14H2,1H3/t19-,21-,22-/m1/s1. The van der Waals surface area contributed by atoms with Crippen LogP contribution in [0.15, 0.2) is 42.6 Å². The van der Waals surface area contributed by atoms with E-state index in [-0.39, 0.29) is 0 Å². The van der Waals surface area contributed by atoms with Gasteiger partial charge in [-0.1, -0.05) is 29.8 Å². The average Bonchev–Trinajstić information content (AvgIpc) is 3.12. The third kappa shape index (κ3) is 2.42. The Bertz CT molecular complexity index is 845. The smallest absolute Gasteiger partial charge is 0.130 e. The van der Waals surface area contributed by atoms with Crippen LogP contribution in [0.3, 0.4) is 0 Å². The molecule has 26 heavy (non-hydrogen) atoms. The van der Waals surface area contributed by atoms with Crippen molar-refractivity contribution >= 4 is 5.82 Å². The molecule has 4 heteroatoms. The maximum absolute atomic E-state index is 9.29. The van der Waals surface area contributed by atoms with Crippen molar-refractivity contribution in [2.45, 2.75) is 37.8 Å². The van der Waals surface area contributed by atoms with Gasteiger partial charge in [0, 0.05) is 30.7 Å². The van der Waals surface area contributed by atoms with Crippen molar-refractivity contribution in [2.75, 3.05) is 24.5 Å². The molecular formula is C22H24N4. The zero-order valence-electron chi connectivity index (χ0n) is 15.2. The van der Waals surface area contributed by atoms with E-state index >= 15 is 0 Å². The van der Waals surface area contributed by atoms with E-state index in [0.29, 0.717) is 23.6 Å². The number of aryl methyl sites for hydroxylation is 1. The number of nitriles is 1. The summed E-state index contributed by atoms with van der Waals surface area (Å²) in [5, 5.41) is 9.29. The number of pyridine rings is 1. The van der Waals surface area contributed by atoms with E-state index in [4.69, 9.17) is 0 Å². The second kappa shape index (κ2) is 6.10. The van der Waals surface area contributed by atoms with Crippen molar-refractivity contribution in [1.29, 1.82) is 5.26 Å². The fraction of sp³-hybridized carbons (Fsp3) is 0.455. The Morgan fingerprint density at radius 1 is 1.08 bits per heavy atom. The Kier molecular flexibility index (Phi) is 3.72. The Labute approximate surface area is 155 Å². The third-order valence-corrected chi connectivity index (χ3v) is 6.67. The molecule has 4 fully saturated rings. The van der Waals surface area contributed by atoms with Crippen LogP contribution >= 0.6 is 0 Å². The molecule has 4 saturated heterocycles. The molecule has 0 N–H and O–H groups in total. The van der Waals surface area contributed by atoms with Gasteiger partial charge in [0.15, 0.2) is 0 Å². The van der Waals surface area contributed by atoms with E-state index in [1.165, 1.54) is 37.1 Å². The van der Waals surface area contributed by atoms with Gasteiger partial charge in [0.2, 0.25) is 0 Å². The summed E-state index contributed by atoms with van der Waals surface area (Å²) in [7, 11) is 0. The lowest BCUT2D eigenvalue weighted by atomic mass is 9.75. The Hall–Kier alpha value is -2.38. The van der Waals surface area contributed by atoms with Crippen molar-refractivity contribution in [3.8, 4) is 6.07 Å². The van der Waals surface area contributed by atoms with E-state index in [1.807, 2.05) is 6.07 Å². The van der Waals surface area contributed by atoms with Crippen LogP contribution in [0, 0.1) is 24.2 Å². The lowest BCUT2D eigenvalue weighted by Crippen LogP contribution is -2.60. The van der Waals surface area contributed by atoms with Gasteiger partial charge in [0.25, 0.3) is 0 Å². The van der Waals surface area contributed by atoms with Gasteiger partial charge in [0.1, 0.15) is 5.82 Å². The molecule has 5 heterocycles. The van der Waals surface area contributed by atoms with Gasteiger partial charge in [0.05, 0.1) is 11.6 Å². The van der Waals surface area contributed by atoms with Gasteiger partial charge in [-0.25, -0.2) is 4.98 Å². The summed E-state index contributed by atoms with van der Waals surface area (Å²) >= 11 is 0. The minimum atomic E-state index is 0.510. The normalized spacial score (nSPS) is 32.3. The van der Waals surface area contributed by atoms with E-state index in [2.05, 4.69) is 52.0 Å². The minimum Gasteiger partial charge on any atom is -0.351 e. The second-order valence-electron chi connectivity index (χ2n) is 8.04. The third-order valence-electron chi connectivity index (χ3n) is 6.67. The largest absolute Gasteiger partial charge is 0.351 e. The molecule has 0 spiro atoms. The molecule has 4 nitrogen and oxygen atoms in total. The summed E-state index contributed by atoms with van der Waals surface area (Å²) in [6.07, 6.45) is 4.36. The first kappa shape index (κ1) is 15.8. The first-order valence-electron chi connectivity index (χ1n) is 9.68. The van der Waals surface area contributed by atoms with Crippen LogP contribution < -0.4 is 4.90 Å². The molecule has 4 aliphatic rings. The number of hydrogen-bond donors (Lipinski definition) is 0. The number of benzene rings is 1. The molecule has 1 aromatic heterocycles. The number of aromatic nitrogens is 1. The fourth-order valence-electron chi connectivity index (χ4n) is 5.43. The Morgan fingerprint density at radius 2 is 1.85 bits per heavy atom. The van der Waals surface area contributed by atoms with Crippen LogP contribution in [0.5, 0.6) is 0 Å². The molecule has 0 saturated carbocycles. The minimum absolute atomic E-state index is 0.510. The summed E-state index contributed by atoms with van der Waals surface area (Å²) < 4.78 is 0. The monoisotopic (exact) mass is 344 g/mol. The molecule has 0 aliphatic carbocycles. The van der Waals surface area contributed by atoms with Gasteiger partial charge < -0.3 is 4.90 Å². The van der Waals surface area contributed by atoms with Crippen LogP contribution in [-0.2, 0) is 0 Å². The second-order valence-corrected chi connectivity index (χ2v) is 8.04. The van der Waals surface area contributed by atoms with E-state index < -0.39 is 0 Å². The Balaban J connectivity index is 1.56. The predicted molar refractivity (Wildman–Crippen MR) is 102 cm³/mol. The van der Waals surface area contributed by atoms with Crippen LogP contribution in [0.1, 0.15) is 35.4 Å². The molecule has 3 atom stereocenters. The van der Waals surface area contributed by atoms with Crippen molar-refractivity contribution in [3.05, 3.63) is 59.3 Å². The highest BCUT2D eigenvalue weighted by Crippen LogP contribution is 2.47. The van der Waals surface area contributed by atoms with E-state index in [0.717, 1.165) is 18.3 Å². The quantitative estimate of drug-likeness (QED) is 0.838. The van der Waals surface area contributed by atoms with Crippen LogP contribution in [-0.4, -0.2) is 41.6 Å². The van der Waals surface area contributed by atoms with Gasteiger partial charge >= 0.3 is 0 Å². The molecule has 6 rings (SSSR count). The number of piperidine rings is 3. The zero-order valence-corrected chi connectivity index (χ0v) is 15.2. The molecule has 1 aromatic carbocycles. The highest BCUT2D eigenvalue weighted by molar-refractivity contribution is 5.50. The van der Waals surface area contributed by atoms with Crippen molar-refractivity contribution < 1.29 is 0 Å².